The van der Waals surface area contributed by atoms with Gasteiger partial charge >= 0.3 is 0 Å². The number of amides is 1. The van der Waals surface area contributed by atoms with Crippen LogP contribution in [-0.2, 0) is 4.79 Å². The Balaban J connectivity index is 2.39. The van der Waals surface area contributed by atoms with Crippen LogP contribution in [-0.4, -0.2) is 11.6 Å². The molecule has 0 aromatic rings. The van der Waals surface area contributed by atoms with Crippen molar-refractivity contribution in [2.45, 2.75) is 40.0 Å². The molecule has 0 aromatic carbocycles. The van der Waals surface area contributed by atoms with Gasteiger partial charge in [-0.25, -0.2) is 5.43 Å². The topological polar surface area (TPSA) is 41.5 Å². The van der Waals surface area contributed by atoms with E-state index in [-0.39, 0.29) is 5.91 Å². The van der Waals surface area contributed by atoms with E-state index >= 15 is 0 Å². The number of nitrogens with one attached hydrogen (secondary N) is 1. The Labute approximate surface area is 79.6 Å². The molecule has 74 valence electrons. The minimum Gasteiger partial charge on any atom is -0.273 e. The first-order valence-corrected chi connectivity index (χ1v) is 5.00. The number of hydrazone groups is 1. The molecule has 0 aliphatic heterocycles. The van der Waals surface area contributed by atoms with Gasteiger partial charge < -0.3 is 0 Å². The Kier molecular flexibility index (Phi) is 3.46. The third-order valence-electron chi connectivity index (χ3n) is 2.59. The molecular formula is C10H18N2O. The average molecular weight is 182 g/mol. The molecule has 0 bridgehead atoms. The van der Waals surface area contributed by atoms with Gasteiger partial charge in [0.15, 0.2) is 0 Å². The van der Waals surface area contributed by atoms with E-state index in [2.05, 4.69) is 24.4 Å². The van der Waals surface area contributed by atoms with Gasteiger partial charge in [-0.3, -0.25) is 4.79 Å². The highest BCUT2D eigenvalue weighted by atomic mass is 16.2. The summed E-state index contributed by atoms with van der Waals surface area (Å²) >= 11 is 0. The summed E-state index contributed by atoms with van der Waals surface area (Å²) in [4.78, 5) is 10.9. The molecule has 1 saturated carbocycles. The third kappa shape index (κ3) is 2.54. The molecule has 3 heteroatoms. The van der Waals surface area contributed by atoms with Crippen molar-refractivity contribution in [3.8, 4) is 0 Å². The van der Waals surface area contributed by atoms with Gasteiger partial charge in [0, 0.05) is 18.1 Å². The normalized spacial score (nSPS) is 24.6. The van der Waals surface area contributed by atoms with Gasteiger partial charge in [0.1, 0.15) is 0 Å². The van der Waals surface area contributed by atoms with Crippen molar-refractivity contribution in [2.24, 2.45) is 16.9 Å². The zero-order chi connectivity index (χ0) is 9.84. The maximum atomic E-state index is 10.9. The van der Waals surface area contributed by atoms with Crippen LogP contribution in [0.15, 0.2) is 5.10 Å². The Bertz CT molecular complexity index is 221. The lowest BCUT2D eigenvalue weighted by Crippen LogP contribution is -2.33. The maximum Gasteiger partial charge on any atom is 0.239 e. The van der Waals surface area contributed by atoms with Gasteiger partial charge in [-0.2, -0.15) is 5.10 Å². The molecule has 1 unspecified atom stereocenters. The van der Waals surface area contributed by atoms with E-state index in [1.165, 1.54) is 6.42 Å². The summed E-state index contributed by atoms with van der Waals surface area (Å²) < 4.78 is 0. The lowest BCUT2D eigenvalue weighted by Gasteiger charge is -2.31. The van der Waals surface area contributed by atoms with Gasteiger partial charge in [-0.05, 0) is 18.8 Å². The zero-order valence-corrected chi connectivity index (χ0v) is 8.63. The minimum atomic E-state index is 0.00176. The predicted octanol–water partition coefficient (Wildman–Crippen LogP) is 1.93. The molecule has 1 aliphatic rings. The van der Waals surface area contributed by atoms with Gasteiger partial charge in [0.25, 0.3) is 0 Å². The third-order valence-corrected chi connectivity index (χ3v) is 2.59. The summed E-state index contributed by atoms with van der Waals surface area (Å²) in [5.74, 6) is 1.24. The van der Waals surface area contributed by atoms with E-state index in [1.54, 1.807) is 0 Å². The largest absolute Gasteiger partial charge is 0.273 e. The van der Waals surface area contributed by atoms with Gasteiger partial charge in [0.2, 0.25) is 5.91 Å². The van der Waals surface area contributed by atoms with Crippen LogP contribution in [0.5, 0.6) is 0 Å². The number of nitrogens with zero attached hydrogens (tertiary/aromatic N) is 1. The van der Waals surface area contributed by atoms with E-state index in [1.807, 2.05) is 6.92 Å². The lowest BCUT2D eigenvalue weighted by atomic mass is 9.75. The molecule has 1 rings (SSSR count). The highest BCUT2D eigenvalue weighted by molar-refractivity contribution is 5.92. The quantitative estimate of drug-likeness (QED) is 0.666. The molecule has 3 nitrogen and oxygen atoms in total. The molecule has 1 amide bonds. The van der Waals surface area contributed by atoms with Crippen molar-refractivity contribution in [1.29, 1.82) is 0 Å². The molecule has 0 heterocycles. The van der Waals surface area contributed by atoms with Crippen LogP contribution < -0.4 is 5.43 Å². The van der Waals surface area contributed by atoms with Crippen molar-refractivity contribution < 1.29 is 4.79 Å². The van der Waals surface area contributed by atoms with Crippen LogP contribution in [0.3, 0.4) is 0 Å². The smallest absolute Gasteiger partial charge is 0.239 e. The molecule has 0 aromatic heterocycles. The molecule has 1 N–H and O–H groups in total. The van der Waals surface area contributed by atoms with Crippen LogP contribution in [0.4, 0.5) is 0 Å². The van der Waals surface area contributed by atoms with Gasteiger partial charge in [-0.1, -0.05) is 20.8 Å². The summed E-state index contributed by atoms with van der Waals surface area (Å²) in [6, 6.07) is 0. The minimum absolute atomic E-state index is 0.00176. The monoisotopic (exact) mass is 182 g/mol. The Morgan fingerprint density at radius 1 is 1.69 bits per heavy atom. The fourth-order valence-corrected chi connectivity index (χ4v) is 1.51. The number of hydrogen-bond donors (Lipinski definition) is 1. The summed E-state index contributed by atoms with van der Waals surface area (Å²) in [6.07, 6.45) is 2.77. The average Bonchev–Trinajstić information content (AvgIpc) is 2.01. The molecule has 1 atom stereocenters. The fourth-order valence-electron chi connectivity index (χ4n) is 1.51. The molecule has 1 fully saturated rings. The Morgan fingerprint density at radius 2 is 2.38 bits per heavy atom. The van der Waals surface area contributed by atoms with Crippen LogP contribution in [0.25, 0.3) is 0 Å². The highest BCUT2D eigenvalue weighted by Gasteiger charge is 2.28. The second kappa shape index (κ2) is 4.40. The lowest BCUT2D eigenvalue weighted by molar-refractivity contribution is -0.120. The van der Waals surface area contributed by atoms with E-state index in [0.717, 1.165) is 12.1 Å². The number of rotatable bonds is 3. The van der Waals surface area contributed by atoms with Crippen molar-refractivity contribution in [3.05, 3.63) is 0 Å². The zero-order valence-electron chi connectivity index (χ0n) is 8.63. The van der Waals surface area contributed by atoms with Crippen LogP contribution in [0.1, 0.15) is 40.0 Å². The maximum absolute atomic E-state index is 10.9. The fraction of sp³-hybridized carbons (Fsp3) is 0.800. The molecular weight excluding hydrogens is 164 g/mol. The molecule has 0 saturated heterocycles. The second-order valence-electron chi connectivity index (χ2n) is 3.88. The molecule has 0 spiro atoms. The SMILES string of the molecule is CCC(=O)N/N=C1\CCC1C(C)C. The van der Waals surface area contributed by atoms with Gasteiger partial charge in [-0.15, -0.1) is 0 Å². The van der Waals surface area contributed by atoms with Crippen molar-refractivity contribution in [2.75, 3.05) is 0 Å². The van der Waals surface area contributed by atoms with Gasteiger partial charge in [0.05, 0.1) is 0 Å². The summed E-state index contributed by atoms with van der Waals surface area (Å²) in [5, 5.41) is 4.12. The molecule has 1 aliphatic carbocycles. The van der Waals surface area contributed by atoms with E-state index in [4.69, 9.17) is 0 Å². The number of carbonyl (C=O) groups is 1. The summed E-state index contributed by atoms with van der Waals surface area (Å²) in [6.45, 7) is 6.22. The van der Waals surface area contributed by atoms with Crippen LogP contribution in [0.2, 0.25) is 0 Å². The molecule has 0 radical (unpaired) electrons. The van der Waals surface area contributed by atoms with Crippen LogP contribution >= 0.6 is 0 Å². The highest BCUT2D eigenvalue weighted by Crippen LogP contribution is 2.30. The first kappa shape index (κ1) is 10.2. The Morgan fingerprint density at radius 3 is 2.77 bits per heavy atom. The van der Waals surface area contributed by atoms with Crippen molar-refractivity contribution in [1.82, 2.24) is 5.43 Å². The summed E-state index contributed by atoms with van der Waals surface area (Å²) in [5.41, 5.74) is 3.73. The summed E-state index contributed by atoms with van der Waals surface area (Å²) in [7, 11) is 0. The molecule has 13 heavy (non-hydrogen) atoms. The van der Waals surface area contributed by atoms with E-state index < -0.39 is 0 Å². The van der Waals surface area contributed by atoms with E-state index in [0.29, 0.717) is 18.3 Å². The first-order valence-electron chi connectivity index (χ1n) is 5.00. The van der Waals surface area contributed by atoms with Crippen molar-refractivity contribution in [3.63, 3.8) is 0 Å². The van der Waals surface area contributed by atoms with Crippen molar-refractivity contribution >= 4 is 11.6 Å². The number of hydrogen-bond acceptors (Lipinski definition) is 2. The first-order chi connectivity index (χ1) is 6.15. The van der Waals surface area contributed by atoms with E-state index in [9.17, 15) is 4.79 Å². The van der Waals surface area contributed by atoms with Crippen LogP contribution in [0, 0.1) is 11.8 Å². The standard InChI is InChI=1S/C10H18N2O/c1-4-10(13)12-11-9-6-5-8(9)7(2)3/h7-8H,4-6H2,1-3H3,(H,12,13)/b11-9+. The predicted molar refractivity (Wildman–Crippen MR) is 53.4 cm³/mol. The number of carbonyl (C=O) groups excluding carboxylic acids is 1. The second-order valence-corrected chi connectivity index (χ2v) is 3.88. The Hall–Kier alpha value is -0.860.